The van der Waals surface area contributed by atoms with Crippen LogP contribution in [-0.2, 0) is 19.4 Å². The lowest BCUT2D eigenvalue weighted by atomic mass is 9.91. The summed E-state index contributed by atoms with van der Waals surface area (Å²) in [6, 6.07) is -0.860. The lowest BCUT2D eigenvalue weighted by Crippen LogP contribution is -2.59. The molecule has 0 radical (unpaired) electrons. The van der Waals surface area contributed by atoms with Crippen LogP contribution in [0.15, 0.2) is 0 Å². The normalized spacial score (nSPS) is 32.9. The summed E-state index contributed by atoms with van der Waals surface area (Å²) in [4.78, 5) is 14.2. The molecule has 3 atom stereocenters. The molecule has 0 aromatic carbocycles. The standard InChI is InChI=1S/C13H24N2O4S/c1-9-10(2)20(17,18)8-5-15(9)13(16)12(14)11-3-6-19-7-4-11/h9-12H,3-8,14H2,1-2H3. The predicted molar refractivity (Wildman–Crippen MR) is 75.9 cm³/mol. The summed E-state index contributed by atoms with van der Waals surface area (Å²) >= 11 is 0. The van der Waals surface area contributed by atoms with E-state index in [1.165, 1.54) is 0 Å². The molecule has 2 aliphatic heterocycles. The molecule has 2 aliphatic rings. The highest BCUT2D eigenvalue weighted by atomic mass is 32.2. The summed E-state index contributed by atoms with van der Waals surface area (Å²) in [5.74, 6) is 0.0496. The lowest BCUT2D eigenvalue weighted by Gasteiger charge is -2.40. The molecule has 116 valence electrons. The minimum atomic E-state index is -3.08. The van der Waals surface area contributed by atoms with Crippen LogP contribution in [0.5, 0.6) is 0 Å². The van der Waals surface area contributed by atoms with Crippen molar-refractivity contribution in [3.05, 3.63) is 0 Å². The monoisotopic (exact) mass is 304 g/mol. The van der Waals surface area contributed by atoms with Gasteiger partial charge in [0.1, 0.15) is 0 Å². The maximum absolute atomic E-state index is 12.5. The number of hydrogen-bond donors (Lipinski definition) is 1. The number of rotatable bonds is 2. The molecule has 0 aromatic heterocycles. The molecule has 2 heterocycles. The fraction of sp³-hybridized carbons (Fsp3) is 0.923. The van der Waals surface area contributed by atoms with E-state index in [0.717, 1.165) is 12.8 Å². The van der Waals surface area contributed by atoms with Crippen LogP contribution < -0.4 is 5.73 Å². The average molecular weight is 304 g/mol. The molecule has 2 rings (SSSR count). The molecular formula is C13H24N2O4S. The van der Waals surface area contributed by atoms with Gasteiger partial charge in [-0.25, -0.2) is 8.42 Å². The second-order valence-corrected chi connectivity index (χ2v) is 8.30. The first kappa shape index (κ1) is 15.7. The second-order valence-electron chi connectivity index (χ2n) is 5.82. The summed E-state index contributed by atoms with van der Waals surface area (Å²) in [6.45, 7) is 5.00. The van der Waals surface area contributed by atoms with Gasteiger partial charge in [-0.2, -0.15) is 0 Å². The number of amides is 1. The number of carbonyl (C=O) groups is 1. The van der Waals surface area contributed by atoms with Gasteiger partial charge in [-0.05, 0) is 32.6 Å². The van der Waals surface area contributed by atoms with Crippen LogP contribution in [0.3, 0.4) is 0 Å². The van der Waals surface area contributed by atoms with Crippen molar-refractivity contribution in [3.63, 3.8) is 0 Å². The number of sulfone groups is 1. The van der Waals surface area contributed by atoms with Crippen LogP contribution in [0, 0.1) is 5.92 Å². The lowest BCUT2D eigenvalue weighted by molar-refractivity contribution is -0.136. The summed E-state index contributed by atoms with van der Waals surface area (Å²) in [7, 11) is -3.08. The third-order valence-corrected chi connectivity index (χ3v) is 6.97. The minimum absolute atomic E-state index is 0.0325. The third-order valence-electron chi connectivity index (χ3n) is 4.70. The Kier molecular flexibility index (Phi) is 4.71. The van der Waals surface area contributed by atoms with E-state index < -0.39 is 21.1 Å². The van der Waals surface area contributed by atoms with E-state index >= 15 is 0 Å². The van der Waals surface area contributed by atoms with E-state index in [1.807, 2.05) is 0 Å². The Labute approximate surface area is 120 Å². The zero-order valence-corrected chi connectivity index (χ0v) is 12.9. The molecule has 2 saturated heterocycles. The van der Waals surface area contributed by atoms with Gasteiger partial charge in [-0.3, -0.25) is 4.79 Å². The van der Waals surface area contributed by atoms with Crippen molar-refractivity contribution < 1.29 is 17.9 Å². The smallest absolute Gasteiger partial charge is 0.240 e. The first-order chi connectivity index (χ1) is 9.34. The van der Waals surface area contributed by atoms with Crippen molar-refractivity contribution >= 4 is 15.7 Å². The minimum Gasteiger partial charge on any atom is -0.381 e. The fourth-order valence-corrected chi connectivity index (χ4v) is 4.52. The van der Waals surface area contributed by atoms with Crippen molar-refractivity contribution in [2.45, 2.75) is 44.0 Å². The van der Waals surface area contributed by atoms with E-state index in [0.29, 0.717) is 13.2 Å². The highest BCUT2D eigenvalue weighted by Crippen LogP contribution is 2.23. The largest absolute Gasteiger partial charge is 0.381 e. The average Bonchev–Trinajstić information content (AvgIpc) is 2.44. The van der Waals surface area contributed by atoms with E-state index in [2.05, 4.69) is 0 Å². The van der Waals surface area contributed by atoms with Gasteiger partial charge >= 0.3 is 0 Å². The van der Waals surface area contributed by atoms with Gasteiger partial charge in [-0.15, -0.1) is 0 Å². The summed E-state index contributed by atoms with van der Waals surface area (Å²) in [6.07, 6.45) is 1.59. The Bertz CT molecular complexity index is 459. The number of nitrogens with zero attached hydrogens (tertiary/aromatic N) is 1. The number of carbonyl (C=O) groups excluding carboxylic acids is 1. The first-order valence-corrected chi connectivity index (χ1v) is 8.91. The molecule has 2 N–H and O–H groups in total. The van der Waals surface area contributed by atoms with Crippen LogP contribution >= 0.6 is 0 Å². The van der Waals surface area contributed by atoms with Crippen LogP contribution in [0.1, 0.15) is 26.7 Å². The third kappa shape index (κ3) is 2.99. The molecular weight excluding hydrogens is 280 g/mol. The first-order valence-electron chi connectivity index (χ1n) is 7.20. The quantitative estimate of drug-likeness (QED) is 0.761. The van der Waals surface area contributed by atoms with Crippen LogP contribution in [-0.4, -0.2) is 62.1 Å². The Hall–Kier alpha value is -0.660. The molecule has 0 aliphatic carbocycles. The molecule has 2 fully saturated rings. The van der Waals surface area contributed by atoms with E-state index in [1.54, 1.807) is 18.7 Å². The maximum Gasteiger partial charge on any atom is 0.240 e. The maximum atomic E-state index is 12.5. The zero-order valence-electron chi connectivity index (χ0n) is 12.1. The number of nitrogens with two attached hydrogens (primary N) is 1. The molecule has 0 bridgehead atoms. The summed E-state index contributed by atoms with van der Waals surface area (Å²) in [5, 5.41) is -0.526. The van der Waals surface area contributed by atoms with Crippen molar-refractivity contribution in [1.29, 1.82) is 0 Å². The highest BCUT2D eigenvalue weighted by molar-refractivity contribution is 7.92. The van der Waals surface area contributed by atoms with Gasteiger partial charge in [-0.1, -0.05) is 0 Å². The van der Waals surface area contributed by atoms with Crippen LogP contribution in [0.25, 0.3) is 0 Å². The van der Waals surface area contributed by atoms with Crippen molar-refractivity contribution in [3.8, 4) is 0 Å². The molecule has 0 aromatic rings. The van der Waals surface area contributed by atoms with Gasteiger partial charge < -0.3 is 15.4 Å². The number of ether oxygens (including phenoxy) is 1. The van der Waals surface area contributed by atoms with Crippen molar-refractivity contribution in [2.75, 3.05) is 25.5 Å². The van der Waals surface area contributed by atoms with E-state index in [-0.39, 0.29) is 30.2 Å². The fourth-order valence-electron chi connectivity index (χ4n) is 2.95. The Morgan fingerprint density at radius 3 is 2.50 bits per heavy atom. The summed E-state index contributed by atoms with van der Waals surface area (Å²) < 4.78 is 29.0. The van der Waals surface area contributed by atoms with E-state index in [4.69, 9.17) is 10.5 Å². The molecule has 7 heteroatoms. The van der Waals surface area contributed by atoms with Crippen LogP contribution in [0.2, 0.25) is 0 Å². The van der Waals surface area contributed by atoms with Crippen LogP contribution in [0.4, 0.5) is 0 Å². The topological polar surface area (TPSA) is 89.7 Å². The highest BCUT2D eigenvalue weighted by Gasteiger charge is 2.40. The molecule has 1 amide bonds. The van der Waals surface area contributed by atoms with Gasteiger partial charge in [0.25, 0.3) is 0 Å². The van der Waals surface area contributed by atoms with Gasteiger partial charge in [0.05, 0.1) is 17.0 Å². The number of hydrogen-bond acceptors (Lipinski definition) is 5. The van der Waals surface area contributed by atoms with Gasteiger partial charge in [0.15, 0.2) is 9.84 Å². The molecule has 0 saturated carbocycles. The second kappa shape index (κ2) is 5.99. The Morgan fingerprint density at radius 2 is 1.90 bits per heavy atom. The molecule has 20 heavy (non-hydrogen) atoms. The predicted octanol–water partition coefficient (Wildman–Crippen LogP) is -0.226. The van der Waals surface area contributed by atoms with Crippen molar-refractivity contribution in [2.24, 2.45) is 11.7 Å². The summed E-state index contributed by atoms with van der Waals surface area (Å²) in [5.41, 5.74) is 6.10. The SMILES string of the molecule is CC1C(C)S(=O)(=O)CCN1C(=O)C(N)C1CCOCC1. The van der Waals surface area contributed by atoms with Gasteiger partial charge in [0, 0.05) is 25.8 Å². The van der Waals surface area contributed by atoms with E-state index in [9.17, 15) is 13.2 Å². The Balaban J connectivity index is 2.05. The Morgan fingerprint density at radius 1 is 1.30 bits per heavy atom. The molecule has 0 spiro atoms. The van der Waals surface area contributed by atoms with Crippen molar-refractivity contribution in [1.82, 2.24) is 4.90 Å². The van der Waals surface area contributed by atoms with Gasteiger partial charge in [0.2, 0.25) is 5.91 Å². The zero-order chi connectivity index (χ0) is 14.9. The molecule has 3 unspecified atom stereocenters. The molecule has 6 nitrogen and oxygen atoms in total.